The molecule has 0 bridgehead atoms. The minimum atomic E-state index is 0.219. The van der Waals surface area contributed by atoms with Gasteiger partial charge in [0, 0.05) is 18.2 Å². The molecule has 158 valence electrons. The first-order valence-corrected chi connectivity index (χ1v) is 11.0. The molecule has 0 spiro atoms. The fourth-order valence-electron chi connectivity index (χ4n) is 4.40. The molecule has 0 atom stereocenters. The van der Waals surface area contributed by atoms with E-state index in [4.69, 9.17) is 9.47 Å². The van der Waals surface area contributed by atoms with Crippen molar-refractivity contribution in [2.45, 2.75) is 51.0 Å². The predicted molar refractivity (Wildman–Crippen MR) is 121 cm³/mol. The molecule has 3 aromatic carbocycles. The quantitative estimate of drug-likeness (QED) is 0.528. The van der Waals surface area contributed by atoms with Gasteiger partial charge in [-0.3, -0.25) is 4.79 Å². The average Bonchev–Trinajstić information content (AvgIpc) is 2.79. The van der Waals surface area contributed by atoms with Crippen LogP contribution in [0.1, 0.15) is 36.0 Å². The van der Waals surface area contributed by atoms with Crippen LogP contribution in [0.3, 0.4) is 0 Å². The van der Waals surface area contributed by atoms with Crippen LogP contribution in [0.15, 0.2) is 78.9 Å². The van der Waals surface area contributed by atoms with Crippen molar-refractivity contribution in [3.05, 3.63) is 95.6 Å². The lowest BCUT2D eigenvalue weighted by molar-refractivity contribution is -0.120. The Labute approximate surface area is 183 Å². The fraction of sp³-hybridized carbons (Fsp3) is 0.296. The Hall–Kier alpha value is -3.11. The van der Waals surface area contributed by atoms with E-state index in [-0.39, 0.29) is 18.1 Å². The van der Waals surface area contributed by atoms with E-state index in [1.807, 2.05) is 53.4 Å². The molecule has 0 unspecified atom stereocenters. The molecule has 5 rings (SSSR count). The standard InChI is InChI=1S/C27H27NO3/c29-27-14-11-22-15-24(30-18-20-7-3-1-4-8-20)12-13-26(22)28(27)23-16-25(17-23)31-19-21-9-5-2-6-10-21/h1-10,12-13,15,23,25H,11,14,16-19H2. The zero-order valence-electron chi connectivity index (χ0n) is 17.6. The maximum absolute atomic E-state index is 12.7. The van der Waals surface area contributed by atoms with Gasteiger partial charge < -0.3 is 14.4 Å². The highest BCUT2D eigenvalue weighted by Crippen LogP contribution is 2.38. The van der Waals surface area contributed by atoms with Gasteiger partial charge in [-0.15, -0.1) is 0 Å². The van der Waals surface area contributed by atoms with Gasteiger partial charge in [0.15, 0.2) is 0 Å². The van der Waals surface area contributed by atoms with E-state index in [0.29, 0.717) is 19.6 Å². The van der Waals surface area contributed by atoms with Gasteiger partial charge >= 0.3 is 0 Å². The molecule has 4 heteroatoms. The Balaban J connectivity index is 1.21. The minimum Gasteiger partial charge on any atom is -0.489 e. The number of carbonyl (C=O) groups is 1. The second-order valence-corrected chi connectivity index (χ2v) is 8.37. The van der Waals surface area contributed by atoms with Crippen molar-refractivity contribution in [3.8, 4) is 5.75 Å². The monoisotopic (exact) mass is 413 g/mol. The lowest BCUT2D eigenvalue weighted by atomic mass is 9.85. The van der Waals surface area contributed by atoms with E-state index in [1.165, 1.54) is 11.1 Å². The molecule has 4 nitrogen and oxygen atoms in total. The van der Waals surface area contributed by atoms with E-state index < -0.39 is 0 Å². The molecule has 1 aliphatic heterocycles. The number of benzene rings is 3. The van der Waals surface area contributed by atoms with Gasteiger partial charge in [-0.05, 0) is 54.2 Å². The van der Waals surface area contributed by atoms with Crippen molar-refractivity contribution in [1.29, 1.82) is 0 Å². The maximum Gasteiger partial charge on any atom is 0.227 e. The number of carbonyl (C=O) groups excluding carboxylic acids is 1. The molecule has 1 aliphatic carbocycles. The number of rotatable bonds is 7. The molecule has 2 aliphatic rings. The summed E-state index contributed by atoms with van der Waals surface area (Å²) in [5.41, 5.74) is 4.56. The summed E-state index contributed by atoms with van der Waals surface area (Å²) in [5, 5.41) is 0. The van der Waals surface area contributed by atoms with E-state index in [2.05, 4.69) is 30.3 Å². The lowest BCUT2D eigenvalue weighted by Gasteiger charge is -2.44. The Morgan fingerprint density at radius 1 is 0.806 bits per heavy atom. The zero-order valence-corrected chi connectivity index (χ0v) is 17.6. The highest BCUT2D eigenvalue weighted by Gasteiger charge is 2.39. The maximum atomic E-state index is 12.7. The zero-order chi connectivity index (χ0) is 21.0. The van der Waals surface area contributed by atoms with Crippen molar-refractivity contribution in [3.63, 3.8) is 0 Å². The predicted octanol–water partition coefficient (Wildman–Crippen LogP) is 5.29. The average molecular weight is 414 g/mol. The van der Waals surface area contributed by atoms with Gasteiger partial charge in [-0.25, -0.2) is 0 Å². The molecule has 0 N–H and O–H groups in total. The number of hydrogen-bond acceptors (Lipinski definition) is 3. The van der Waals surface area contributed by atoms with Crippen LogP contribution in [0.25, 0.3) is 0 Å². The van der Waals surface area contributed by atoms with Crippen LogP contribution in [0.5, 0.6) is 5.75 Å². The number of nitrogens with zero attached hydrogens (tertiary/aromatic N) is 1. The van der Waals surface area contributed by atoms with Crippen molar-refractivity contribution >= 4 is 11.6 Å². The fourth-order valence-corrected chi connectivity index (χ4v) is 4.40. The lowest BCUT2D eigenvalue weighted by Crippen LogP contribution is -2.52. The Morgan fingerprint density at radius 3 is 2.19 bits per heavy atom. The second kappa shape index (κ2) is 8.94. The highest BCUT2D eigenvalue weighted by molar-refractivity contribution is 5.97. The third-order valence-corrected chi connectivity index (χ3v) is 6.20. The van der Waals surface area contributed by atoms with Crippen LogP contribution in [-0.2, 0) is 29.2 Å². The number of aryl methyl sites for hydroxylation is 1. The van der Waals surface area contributed by atoms with Gasteiger partial charge in [0.1, 0.15) is 12.4 Å². The summed E-state index contributed by atoms with van der Waals surface area (Å²) in [6.45, 7) is 1.18. The summed E-state index contributed by atoms with van der Waals surface area (Å²) in [7, 11) is 0. The third kappa shape index (κ3) is 4.49. The number of hydrogen-bond donors (Lipinski definition) is 0. The van der Waals surface area contributed by atoms with Crippen LogP contribution in [0.4, 0.5) is 5.69 Å². The van der Waals surface area contributed by atoms with Gasteiger partial charge in [-0.2, -0.15) is 0 Å². The molecule has 31 heavy (non-hydrogen) atoms. The minimum absolute atomic E-state index is 0.219. The number of amides is 1. The van der Waals surface area contributed by atoms with Crippen LogP contribution in [0.2, 0.25) is 0 Å². The second-order valence-electron chi connectivity index (χ2n) is 8.37. The highest BCUT2D eigenvalue weighted by atomic mass is 16.5. The normalized spacial score (nSPS) is 20.1. The van der Waals surface area contributed by atoms with Gasteiger partial charge in [0.05, 0.1) is 12.7 Å². The Morgan fingerprint density at radius 2 is 1.48 bits per heavy atom. The van der Waals surface area contributed by atoms with E-state index in [9.17, 15) is 4.79 Å². The number of ether oxygens (including phenoxy) is 2. The van der Waals surface area contributed by atoms with Crippen molar-refractivity contribution < 1.29 is 14.3 Å². The molecule has 0 aromatic heterocycles. The number of anilines is 1. The summed E-state index contributed by atoms with van der Waals surface area (Å²) in [5.74, 6) is 1.08. The van der Waals surface area contributed by atoms with E-state index >= 15 is 0 Å². The smallest absolute Gasteiger partial charge is 0.227 e. The molecule has 1 amide bonds. The Bertz CT molecular complexity index is 1030. The van der Waals surface area contributed by atoms with Gasteiger partial charge in [-0.1, -0.05) is 60.7 Å². The third-order valence-electron chi connectivity index (χ3n) is 6.20. The molecule has 1 heterocycles. The van der Waals surface area contributed by atoms with Crippen LogP contribution in [-0.4, -0.2) is 18.1 Å². The summed E-state index contributed by atoms with van der Waals surface area (Å²) < 4.78 is 12.0. The molecular formula is C27H27NO3. The summed E-state index contributed by atoms with van der Waals surface area (Å²) in [6.07, 6.45) is 3.33. The Kier molecular flexibility index (Phi) is 5.72. The number of fused-ring (bicyclic) bond motifs is 1. The SMILES string of the molecule is O=C1CCc2cc(OCc3ccccc3)ccc2N1C1CC(OCc2ccccc2)C1. The molecule has 1 saturated carbocycles. The van der Waals surface area contributed by atoms with Crippen LogP contribution < -0.4 is 9.64 Å². The molecule has 3 aromatic rings. The van der Waals surface area contributed by atoms with Gasteiger partial charge in [0.25, 0.3) is 0 Å². The van der Waals surface area contributed by atoms with Gasteiger partial charge in [0.2, 0.25) is 5.91 Å². The van der Waals surface area contributed by atoms with Crippen molar-refractivity contribution in [2.75, 3.05) is 4.90 Å². The van der Waals surface area contributed by atoms with Crippen LogP contribution in [0, 0.1) is 0 Å². The molecular weight excluding hydrogens is 386 g/mol. The topological polar surface area (TPSA) is 38.8 Å². The molecule has 1 fully saturated rings. The van der Waals surface area contributed by atoms with Crippen molar-refractivity contribution in [1.82, 2.24) is 0 Å². The van der Waals surface area contributed by atoms with E-state index in [0.717, 1.165) is 36.3 Å². The first-order valence-electron chi connectivity index (χ1n) is 11.0. The van der Waals surface area contributed by atoms with E-state index in [1.54, 1.807) is 0 Å². The summed E-state index contributed by atoms with van der Waals surface area (Å²) in [6, 6.07) is 26.8. The first kappa shape index (κ1) is 19.8. The summed E-state index contributed by atoms with van der Waals surface area (Å²) >= 11 is 0. The van der Waals surface area contributed by atoms with Crippen molar-refractivity contribution in [2.24, 2.45) is 0 Å². The largest absolute Gasteiger partial charge is 0.489 e. The molecule has 0 saturated heterocycles. The van der Waals surface area contributed by atoms with Crippen LogP contribution >= 0.6 is 0 Å². The summed E-state index contributed by atoms with van der Waals surface area (Å²) in [4.78, 5) is 14.7. The molecule has 0 radical (unpaired) electrons. The first-order chi connectivity index (χ1) is 15.3.